The SMILES string of the molecule is O=C1CCCCC12CCNN2. The summed E-state index contributed by atoms with van der Waals surface area (Å²) in [6.45, 7) is 0.936. The molecule has 1 saturated heterocycles. The number of rotatable bonds is 0. The van der Waals surface area contributed by atoms with E-state index in [0.29, 0.717) is 5.78 Å². The van der Waals surface area contributed by atoms with Crippen molar-refractivity contribution in [1.29, 1.82) is 0 Å². The van der Waals surface area contributed by atoms with E-state index in [4.69, 9.17) is 0 Å². The summed E-state index contributed by atoms with van der Waals surface area (Å²) in [5.41, 5.74) is 6.00. The van der Waals surface area contributed by atoms with Crippen molar-refractivity contribution < 1.29 is 4.79 Å². The fourth-order valence-electron chi connectivity index (χ4n) is 2.06. The highest BCUT2D eigenvalue weighted by Crippen LogP contribution is 2.29. The molecule has 1 aliphatic heterocycles. The molecule has 0 aromatic carbocycles. The van der Waals surface area contributed by atoms with Crippen molar-refractivity contribution in [3.05, 3.63) is 0 Å². The normalized spacial score (nSPS) is 38.4. The summed E-state index contributed by atoms with van der Waals surface area (Å²) in [5, 5.41) is 0. The van der Waals surface area contributed by atoms with E-state index in [1.165, 1.54) is 6.42 Å². The maximum atomic E-state index is 11.5. The maximum Gasteiger partial charge on any atom is 0.154 e. The van der Waals surface area contributed by atoms with Crippen molar-refractivity contribution in [2.45, 2.75) is 37.6 Å². The summed E-state index contributed by atoms with van der Waals surface area (Å²) in [4.78, 5) is 11.5. The van der Waals surface area contributed by atoms with Gasteiger partial charge in [0.1, 0.15) is 0 Å². The van der Waals surface area contributed by atoms with Gasteiger partial charge in [-0.05, 0) is 19.3 Å². The molecule has 0 radical (unpaired) electrons. The lowest BCUT2D eigenvalue weighted by Crippen LogP contribution is -2.51. The van der Waals surface area contributed by atoms with E-state index in [0.717, 1.165) is 32.2 Å². The van der Waals surface area contributed by atoms with E-state index >= 15 is 0 Å². The molecule has 2 aliphatic rings. The second kappa shape index (κ2) is 2.57. The molecule has 2 rings (SSSR count). The smallest absolute Gasteiger partial charge is 0.154 e. The van der Waals surface area contributed by atoms with E-state index in [-0.39, 0.29) is 5.54 Å². The third-order valence-corrected chi connectivity index (χ3v) is 2.80. The molecular formula is C8H14N2O. The first-order valence-corrected chi connectivity index (χ1v) is 4.37. The second-order valence-corrected chi connectivity index (χ2v) is 3.51. The highest BCUT2D eigenvalue weighted by Gasteiger charge is 2.41. The molecule has 1 spiro atoms. The quantitative estimate of drug-likeness (QED) is 0.529. The summed E-state index contributed by atoms with van der Waals surface area (Å²) in [7, 11) is 0. The number of hydrogen-bond donors (Lipinski definition) is 2. The average Bonchev–Trinajstić information content (AvgIpc) is 2.46. The third-order valence-electron chi connectivity index (χ3n) is 2.80. The summed E-state index contributed by atoms with van der Waals surface area (Å²) in [5.74, 6) is 0.411. The minimum Gasteiger partial charge on any atom is -0.298 e. The number of hydrazine groups is 1. The van der Waals surface area contributed by atoms with Gasteiger partial charge in [0.05, 0.1) is 5.54 Å². The predicted molar refractivity (Wildman–Crippen MR) is 42.0 cm³/mol. The van der Waals surface area contributed by atoms with Gasteiger partial charge in [-0.25, -0.2) is 5.43 Å². The van der Waals surface area contributed by atoms with Gasteiger partial charge in [-0.1, -0.05) is 6.42 Å². The van der Waals surface area contributed by atoms with Gasteiger partial charge in [-0.3, -0.25) is 10.2 Å². The van der Waals surface area contributed by atoms with Crippen LogP contribution in [0.15, 0.2) is 0 Å². The van der Waals surface area contributed by atoms with Crippen LogP contribution in [0.2, 0.25) is 0 Å². The van der Waals surface area contributed by atoms with Gasteiger partial charge < -0.3 is 0 Å². The molecule has 62 valence electrons. The lowest BCUT2D eigenvalue weighted by Gasteiger charge is -2.30. The fourth-order valence-corrected chi connectivity index (χ4v) is 2.06. The first-order valence-electron chi connectivity index (χ1n) is 4.37. The van der Waals surface area contributed by atoms with Crippen molar-refractivity contribution in [2.75, 3.05) is 6.54 Å². The van der Waals surface area contributed by atoms with Crippen molar-refractivity contribution >= 4 is 5.78 Å². The third kappa shape index (κ3) is 1.08. The summed E-state index contributed by atoms with van der Waals surface area (Å²) in [6.07, 6.45) is 5.06. The maximum absolute atomic E-state index is 11.5. The lowest BCUT2D eigenvalue weighted by atomic mass is 9.80. The van der Waals surface area contributed by atoms with E-state index < -0.39 is 0 Å². The molecule has 0 aromatic heterocycles. The van der Waals surface area contributed by atoms with Crippen LogP contribution in [0, 0.1) is 0 Å². The minimum atomic E-state index is -0.168. The monoisotopic (exact) mass is 154 g/mol. The van der Waals surface area contributed by atoms with Crippen LogP contribution in [0.3, 0.4) is 0 Å². The molecule has 2 N–H and O–H groups in total. The Labute approximate surface area is 66.5 Å². The Balaban J connectivity index is 2.13. The Kier molecular flexibility index (Phi) is 1.69. The van der Waals surface area contributed by atoms with Crippen LogP contribution in [-0.4, -0.2) is 17.9 Å². The first kappa shape index (κ1) is 7.25. The zero-order valence-corrected chi connectivity index (χ0v) is 6.65. The Bertz CT molecular complexity index is 173. The van der Waals surface area contributed by atoms with Crippen LogP contribution >= 0.6 is 0 Å². The van der Waals surface area contributed by atoms with Crippen molar-refractivity contribution in [2.24, 2.45) is 0 Å². The average molecular weight is 154 g/mol. The molecule has 1 atom stereocenters. The van der Waals surface area contributed by atoms with Gasteiger partial charge in [0.15, 0.2) is 5.78 Å². The molecule has 1 aliphatic carbocycles. The van der Waals surface area contributed by atoms with Gasteiger partial charge in [0.25, 0.3) is 0 Å². The van der Waals surface area contributed by atoms with E-state index in [1.807, 2.05) is 0 Å². The Morgan fingerprint density at radius 3 is 2.82 bits per heavy atom. The summed E-state index contributed by atoms with van der Waals surface area (Å²) < 4.78 is 0. The molecule has 2 fully saturated rings. The molecule has 1 heterocycles. The summed E-state index contributed by atoms with van der Waals surface area (Å²) in [6, 6.07) is 0. The topological polar surface area (TPSA) is 41.1 Å². The highest BCUT2D eigenvalue weighted by molar-refractivity contribution is 5.89. The molecule has 1 saturated carbocycles. The number of nitrogens with one attached hydrogen (secondary N) is 2. The number of hydrogen-bond acceptors (Lipinski definition) is 3. The summed E-state index contributed by atoms with van der Waals surface area (Å²) >= 11 is 0. The lowest BCUT2D eigenvalue weighted by molar-refractivity contribution is -0.127. The van der Waals surface area contributed by atoms with E-state index in [2.05, 4.69) is 10.9 Å². The molecule has 0 aromatic rings. The van der Waals surface area contributed by atoms with Crippen LogP contribution in [0.25, 0.3) is 0 Å². The molecular weight excluding hydrogens is 140 g/mol. The first-order chi connectivity index (χ1) is 5.33. The fraction of sp³-hybridized carbons (Fsp3) is 0.875. The van der Waals surface area contributed by atoms with Gasteiger partial charge in [-0.15, -0.1) is 0 Å². The number of carbonyl (C=O) groups excluding carboxylic acids is 1. The van der Waals surface area contributed by atoms with Crippen molar-refractivity contribution in [1.82, 2.24) is 10.9 Å². The van der Waals surface area contributed by atoms with Gasteiger partial charge >= 0.3 is 0 Å². The minimum absolute atomic E-state index is 0.168. The largest absolute Gasteiger partial charge is 0.298 e. The molecule has 0 amide bonds. The highest BCUT2D eigenvalue weighted by atomic mass is 16.1. The van der Waals surface area contributed by atoms with E-state index in [9.17, 15) is 4.79 Å². The van der Waals surface area contributed by atoms with Crippen molar-refractivity contribution in [3.8, 4) is 0 Å². The Hall–Kier alpha value is -0.410. The zero-order valence-electron chi connectivity index (χ0n) is 6.65. The zero-order chi connectivity index (χ0) is 7.73. The Morgan fingerprint density at radius 2 is 2.18 bits per heavy atom. The molecule has 1 unspecified atom stereocenters. The number of Topliss-reactive ketones (excluding diaryl/α,β-unsaturated/α-hetero) is 1. The van der Waals surface area contributed by atoms with E-state index in [1.54, 1.807) is 0 Å². The predicted octanol–water partition coefficient (Wildman–Crippen LogP) is 0.366. The molecule has 3 nitrogen and oxygen atoms in total. The molecule has 11 heavy (non-hydrogen) atoms. The second-order valence-electron chi connectivity index (χ2n) is 3.51. The van der Waals surface area contributed by atoms with Gasteiger partial charge in [0, 0.05) is 13.0 Å². The van der Waals surface area contributed by atoms with Crippen molar-refractivity contribution in [3.63, 3.8) is 0 Å². The van der Waals surface area contributed by atoms with Gasteiger partial charge in [0.2, 0.25) is 0 Å². The molecule has 0 bridgehead atoms. The van der Waals surface area contributed by atoms with Gasteiger partial charge in [-0.2, -0.15) is 0 Å². The number of ketones is 1. The molecule has 3 heteroatoms. The van der Waals surface area contributed by atoms with Crippen LogP contribution in [0.1, 0.15) is 32.1 Å². The Morgan fingerprint density at radius 1 is 1.27 bits per heavy atom. The van der Waals surface area contributed by atoms with Crippen LogP contribution in [-0.2, 0) is 4.79 Å². The van der Waals surface area contributed by atoms with Crippen LogP contribution in [0.5, 0.6) is 0 Å². The van der Waals surface area contributed by atoms with Crippen LogP contribution in [0.4, 0.5) is 0 Å². The number of carbonyl (C=O) groups is 1. The standard InChI is InChI=1S/C8H14N2O/c11-7-3-1-2-4-8(7)5-6-9-10-8/h9-10H,1-6H2. The van der Waals surface area contributed by atoms with Crippen LogP contribution < -0.4 is 10.9 Å².